The second-order valence-corrected chi connectivity index (χ2v) is 9.44. The number of anilines is 1. The van der Waals surface area contributed by atoms with Gasteiger partial charge in [-0.15, -0.1) is 13.2 Å². The Labute approximate surface area is 206 Å². The number of nitrogens with one attached hydrogen (secondary N) is 1. The average molecular weight is 548 g/mol. The third kappa shape index (κ3) is 6.61. The number of alkyl halides is 5. The van der Waals surface area contributed by atoms with Crippen molar-refractivity contribution in [1.29, 1.82) is 5.26 Å². The number of halogens is 5. The fraction of sp³-hybridized carbons (Fsp3) is 0.333. The highest BCUT2D eigenvalue weighted by atomic mass is 32.2. The van der Waals surface area contributed by atoms with Crippen LogP contribution in [0.5, 0.6) is 5.75 Å². The Hall–Kier alpha value is -4.00. The van der Waals surface area contributed by atoms with E-state index in [9.17, 15) is 45.2 Å². The molecule has 0 unspecified atom stereocenters. The molecule has 1 aliphatic rings. The fourth-order valence-electron chi connectivity index (χ4n) is 3.63. The van der Waals surface area contributed by atoms with Gasteiger partial charge in [-0.05, 0) is 43.2 Å². The molecule has 0 saturated carbocycles. The molecule has 0 aliphatic carbocycles. The number of carbonyl (C=O) groups excluding carboxylic acids is 1. The standard InChI is InChI=1S/C21H17F5N4O6S/c22-17(23)16-15(20(32)33)9-12(10-27)18(28-16)30-7-5-11(6-8-30)19(31)29-37(34,35)14-3-1-13(2-4-14)36-21(24,25)26/h1-4,9,11,17H,5-8H2,(H,29,31)(H,32,33). The predicted octanol–water partition coefficient (Wildman–Crippen LogP) is 3.21. The molecule has 10 nitrogen and oxygen atoms in total. The minimum absolute atomic E-state index is 0.0123. The van der Waals surface area contributed by atoms with Crippen molar-refractivity contribution in [2.45, 2.75) is 30.5 Å². The summed E-state index contributed by atoms with van der Waals surface area (Å²) in [6.07, 6.45) is -8.11. The smallest absolute Gasteiger partial charge is 0.478 e. The summed E-state index contributed by atoms with van der Waals surface area (Å²) in [5.41, 5.74) is -2.09. The maximum atomic E-state index is 13.3. The molecule has 198 valence electrons. The Morgan fingerprint density at radius 1 is 1.19 bits per heavy atom. The molecule has 1 amide bonds. The SMILES string of the molecule is N#Cc1cc(C(=O)O)c(C(F)F)nc1N1CCC(C(=O)NS(=O)(=O)c2ccc(OC(F)(F)F)cc2)CC1. The molecule has 1 aromatic heterocycles. The molecule has 2 aromatic rings. The number of carbonyl (C=O) groups is 2. The second kappa shape index (κ2) is 10.5. The highest BCUT2D eigenvalue weighted by Gasteiger charge is 2.33. The topological polar surface area (TPSA) is 150 Å². The molecule has 1 fully saturated rings. The fourth-order valence-corrected chi connectivity index (χ4v) is 4.67. The number of nitriles is 1. The van der Waals surface area contributed by atoms with E-state index in [1.54, 1.807) is 6.07 Å². The number of hydrogen-bond acceptors (Lipinski definition) is 8. The maximum Gasteiger partial charge on any atom is 0.573 e. The lowest BCUT2D eigenvalue weighted by Gasteiger charge is -2.32. The van der Waals surface area contributed by atoms with Gasteiger partial charge in [0.1, 0.15) is 23.3 Å². The Kier molecular flexibility index (Phi) is 7.86. The molecule has 0 atom stereocenters. The van der Waals surface area contributed by atoms with Crippen LogP contribution < -0.4 is 14.4 Å². The molecule has 2 heterocycles. The molecule has 2 N–H and O–H groups in total. The van der Waals surface area contributed by atoms with Crippen LogP contribution in [0, 0.1) is 17.2 Å². The van der Waals surface area contributed by atoms with Gasteiger partial charge in [-0.1, -0.05) is 0 Å². The third-order valence-electron chi connectivity index (χ3n) is 5.36. The maximum absolute atomic E-state index is 13.3. The van der Waals surface area contributed by atoms with Crippen LogP contribution in [0.2, 0.25) is 0 Å². The van der Waals surface area contributed by atoms with E-state index in [0.29, 0.717) is 0 Å². The Morgan fingerprint density at radius 3 is 2.27 bits per heavy atom. The van der Waals surface area contributed by atoms with Crippen molar-refractivity contribution in [2.24, 2.45) is 5.92 Å². The normalized spacial score (nSPS) is 14.8. The number of aromatic carboxylic acids is 1. The highest BCUT2D eigenvalue weighted by molar-refractivity contribution is 7.90. The summed E-state index contributed by atoms with van der Waals surface area (Å²) in [7, 11) is -4.42. The van der Waals surface area contributed by atoms with Gasteiger partial charge >= 0.3 is 12.3 Å². The molecule has 1 aromatic carbocycles. The molecular formula is C21H17F5N4O6S. The first-order chi connectivity index (χ1) is 17.2. The summed E-state index contributed by atoms with van der Waals surface area (Å²) in [5.74, 6) is -4.24. The minimum Gasteiger partial charge on any atom is -0.478 e. The number of carboxylic acids is 1. The number of nitrogens with zero attached hydrogens (tertiary/aromatic N) is 3. The number of amides is 1. The number of sulfonamides is 1. The lowest BCUT2D eigenvalue weighted by Crippen LogP contribution is -2.42. The summed E-state index contributed by atoms with van der Waals surface area (Å²) in [6, 6.07) is 5.71. The van der Waals surface area contributed by atoms with E-state index >= 15 is 0 Å². The van der Waals surface area contributed by atoms with Crippen LogP contribution in [-0.4, -0.2) is 49.8 Å². The summed E-state index contributed by atoms with van der Waals surface area (Å²) >= 11 is 0. The third-order valence-corrected chi connectivity index (χ3v) is 6.72. The number of piperidine rings is 1. The number of carboxylic acid groups (broad SMARTS) is 1. The molecule has 1 aliphatic heterocycles. The number of hydrogen-bond donors (Lipinski definition) is 2. The number of ether oxygens (including phenoxy) is 1. The number of pyridine rings is 1. The summed E-state index contributed by atoms with van der Waals surface area (Å²) in [6.45, 7) is 0.0246. The lowest BCUT2D eigenvalue weighted by molar-refractivity contribution is -0.274. The van der Waals surface area contributed by atoms with E-state index in [1.165, 1.54) is 4.90 Å². The molecular weight excluding hydrogens is 531 g/mol. The van der Waals surface area contributed by atoms with Crippen LogP contribution in [0.15, 0.2) is 35.2 Å². The Balaban J connectivity index is 1.69. The van der Waals surface area contributed by atoms with Crippen LogP contribution in [0.25, 0.3) is 0 Å². The van der Waals surface area contributed by atoms with E-state index < -0.39 is 62.5 Å². The Morgan fingerprint density at radius 2 is 1.78 bits per heavy atom. The molecule has 0 spiro atoms. The van der Waals surface area contributed by atoms with Crippen molar-refractivity contribution in [1.82, 2.24) is 9.71 Å². The Bertz CT molecular complexity index is 1330. The molecule has 3 rings (SSSR count). The molecule has 0 radical (unpaired) electrons. The van der Waals surface area contributed by atoms with E-state index in [2.05, 4.69) is 9.72 Å². The van der Waals surface area contributed by atoms with E-state index in [4.69, 9.17) is 5.11 Å². The first-order valence-corrected chi connectivity index (χ1v) is 11.8. The van der Waals surface area contributed by atoms with E-state index in [1.807, 2.05) is 4.72 Å². The van der Waals surface area contributed by atoms with Crippen LogP contribution in [0.1, 0.15) is 40.9 Å². The van der Waals surface area contributed by atoms with Gasteiger partial charge < -0.3 is 14.7 Å². The second-order valence-electron chi connectivity index (χ2n) is 7.76. The van der Waals surface area contributed by atoms with Crippen LogP contribution >= 0.6 is 0 Å². The lowest BCUT2D eigenvalue weighted by atomic mass is 9.96. The van der Waals surface area contributed by atoms with Gasteiger partial charge in [-0.25, -0.2) is 31.7 Å². The van der Waals surface area contributed by atoms with Crippen LogP contribution in [0.3, 0.4) is 0 Å². The van der Waals surface area contributed by atoms with Crippen LogP contribution in [-0.2, 0) is 14.8 Å². The molecule has 0 bridgehead atoms. The largest absolute Gasteiger partial charge is 0.573 e. The average Bonchev–Trinajstić information content (AvgIpc) is 2.82. The number of benzene rings is 1. The van der Waals surface area contributed by atoms with Gasteiger partial charge in [0.25, 0.3) is 16.4 Å². The van der Waals surface area contributed by atoms with Gasteiger partial charge in [0, 0.05) is 19.0 Å². The van der Waals surface area contributed by atoms with Gasteiger partial charge in [0.2, 0.25) is 5.91 Å². The van der Waals surface area contributed by atoms with Crippen molar-refractivity contribution >= 4 is 27.7 Å². The minimum atomic E-state index is -4.97. The zero-order chi connectivity index (χ0) is 27.5. The van der Waals surface area contributed by atoms with Crippen molar-refractivity contribution in [2.75, 3.05) is 18.0 Å². The van der Waals surface area contributed by atoms with E-state index in [0.717, 1.165) is 30.3 Å². The predicted molar refractivity (Wildman–Crippen MR) is 114 cm³/mol. The first kappa shape index (κ1) is 27.6. The zero-order valence-corrected chi connectivity index (χ0v) is 19.3. The van der Waals surface area contributed by atoms with Gasteiger partial charge in [0.15, 0.2) is 0 Å². The van der Waals surface area contributed by atoms with E-state index in [-0.39, 0.29) is 37.3 Å². The van der Waals surface area contributed by atoms with Crippen LogP contribution in [0.4, 0.5) is 27.8 Å². The van der Waals surface area contributed by atoms with Gasteiger partial charge in [-0.3, -0.25) is 4.79 Å². The molecule has 1 saturated heterocycles. The molecule has 37 heavy (non-hydrogen) atoms. The monoisotopic (exact) mass is 548 g/mol. The van der Waals surface area contributed by atoms with Gasteiger partial charge in [-0.2, -0.15) is 5.26 Å². The van der Waals surface area contributed by atoms with Crippen molar-refractivity contribution < 1.29 is 49.8 Å². The summed E-state index contributed by atoms with van der Waals surface area (Å²) in [5, 5.41) is 18.5. The number of rotatable bonds is 7. The van der Waals surface area contributed by atoms with Gasteiger partial charge in [0.05, 0.1) is 16.0 Å². The van der Waals surface area contributed by atoms with Crippen molar-refractivity contribution in [3.63, 3.8) is 0 Å². The first-order valence-electron chi connectivity index (χ1n) is 10.4. The van der Waals surface area contributed by atoms with Crippen molar-refractivity contribution in [3.05, 3.63) is 47.2 Å². The quantitative estimate of drug-likeness (QED) is 0.497. The molecule has 16 heteroatoms. The summed E-state index contributed by atoms with van der Waals surface area (Å²) in [4.78, 5) is 28.4. The van der Waals surface area contributed by atoms with Crippen molar-refractivity contribution in [3.8, 4) is 11.8 Å². The summed E-state index contributed by atoms with van der Waals surface area (Å²) < 4.78 is 93.9. The zero-order valence-electron chi connectivity index (χ0n) is 18.5. The number of aromatic nitrogens is 1. The highest BCUT2D eigenvalue weighted by Crippen LogP contribution is 2.30.